The minimum Gasteiger partial charge on any atom is -0.332 e. The summed E-state index contributed by atoms with van der Waals surface area (Å²) in [5.41, 5.74) is 2.25. The molecule has 4 rings (SSSR count). The van der Waals surface area contributed by atoms with Crippen LogP contribution >= 0.6 is 28.1 Å². The summed E-state index contributed by atoms with van der Waals surface area (Å²) in [7, 11) is -3.85. The van der Waals surface area contributed by atoms with Crippen LogP contribution in [-0.2, 0) is 10.0 Å². The third-order valence-electron chi connectivity index (χ3n) is 5.01. The Labute approximate surface area is 211 Å². The normalized spacial score (nSPS) is 11.1. The molecule has 0 atom stereocenters. The van der Waals surface area contributed by atoms with Crippen molar-refractivity contribution in [2.75, 3.05) is 10.0 Å². The number of hydrogen-bond acceptors (Lipinski definition) is 4. The van der Waals surface area contributed by atoms with Crippen LogP contribution in [0.3, 0.4) is 0 Å². The molecule has 0 heterocycles. The number of amides is 1. The number of fused-ring (bicyclic) bond motifs is 1. The van der Waals surface area contributed by atoms with E-state index in [0.29, 0.717) is 21.4 Å². The Morgan fingerprint density at radius 2 is 1.65 bits per heavy atom. The van der Waals surface area contributed by atoms with Crippen molar-refractivity contribution in [3.63, 3.8) is 0 Å². The van der Waals surface area contributed by atoms with Crippen LogP contribution < -0.4 is 15.4 Å². The van der Waals surface area contributed by atoms with Gasteiger partial charge in [0.25, 0.3) is 15.9 Å². The molecule has 0 bridgehead atoms. The van der Waals surface area contributed by atoms with Crippen molar-refractivity contribution in [1.82, 2.24) is 5.32 Å². The fourth-order valence-corrected chi connectivity index (χ4v) is 5.13. The fraction of sp³-hybridized carbons (Fsp3) is 0.0400. The number of carbonyl (C=O) groups excluding carboxylic acids is 1. The van der Waals surface area contributed by atoms with Gasteiger partial charge in [-0.25, -0.2) is 8.42 Å². The molecule has 34 heavy (non-hydrogen) atoms. The van der Waals surface area contributed by atoms with Crippen LogP contribution in [0.4, 0.5) is 11.4 Å². The predicted octanol–water partition coefficient (Wildman–Crippen LogP) is 5.84. The number of halogens is 1. The Bertz CT molecular complexity index is 1520. The lowest BCUT2D eigenvalue weighted by atomic mass is 10.1. The van der Waals surface area contributed by atoms with E-state index in [4.69, 9.17) is 12.2 Å². The van der Waals surface area contributed by atoms with Crippen LogP contribution in [0.1, 0.15) is 15.9 Å². The highest BCUT2D eigenvalue weighted by Gasteiger charge is 2.17. The predicted molar refractivity (Wildman–Crippen MR) is 144 cm³/mol. The Kier molecular flexibility index (Phi) is 6.97. The van der Waals surface area contributed by atoms with Crippen molar-refractivity contribution < 1.29 is 13.2 Å². The van der Waals surface area contributed by atoms with Gasteiger partial charge in [0.2, 0.25) is 0 Å². The van der Waals surface area contributed by atoms with Crippen LogP contribution in [0.15, 0.2) is 94.3 Å². The molecule has 0 saturated heterocycles. The van der Waals surface area contributed by atoms with Gasteiger partial charge in [-0.1, -0.05) is 42.5 Å². The number of sulfonamides is 1. The first kappa shape index (κ1) is 23.9. The molecule has 6 nitrogen and oxygen atoms in total. The standard InChI is InChI=1S/C25H20BrN3O3S2/c1-16-9-12-22(26)23(13-16)29-34(31,32)21-8-4-7-20(15-21)27-25(33)28-24(30)19-11-10-17-5-2-3-6-18(17)14-19/h2-15,29H,1H3,(H2,27,28,30,33). The smallest absolute Gasteiger partial charge is 0.262 e. The maximum absolute atomic E-state index is 12.9. The molecule has 3 N–H and O–H groups in total. The molecule has 0 aliphatic rings. The summed E-state index contributed by atoms with van der Waals surface area (Å²) in [6, 6.07) is 24.7. The molecular formula is C25H20BrN3O3S2. The average molecular weight is 554 g/mol. The maximum atomic E-state index is 12.9. The van der Waals surface area contributed by atoms with Crippen LogP contribution in [0.25, 0.3) is 10.8 Å². The summed E-state index contributed by atoms with van der Waals surface area (Å²) >= 11 is 8.63. The zero-order valence-electron chi connectivity index (χ0n) is 18.0. The first-order valence-electron chi connectivity index (χ1n) is 10.2. The van der Waals surface area contributed by atoms with Crippen LogP contribution in [0.2, 0.25) is 0 Å². The quantitative estimate of drug-likeness (QED) is 0.270. The third-order valence-corrected chi connectivity index (χ3v) is 7.27. The topological polar surface area (TPSA) is 87.3 Å². The number of benzene rings is 4. The number of anilines is 2. The van der Waals surface area contributed by atoms with Crippen molar-refractivity contribution in [2.24, 2.45) is 0 Å². The lowest BCUT2D eigenvalue weighted by molar-refractivity contribution is 0.0978. The number of rotatable bonds is 5. The van der Waals surface area contributed by atoms with Crippen molar-refractivity contribution in [1.29, 1.82) is 0 Å². The van der Waals surface area contributed by atoms with E-state index < -0.39 is 10.0 Å². The van der Waals surface area contributed by atoms with Gasteiger partial charge in [-0.15, -0.1) is 0 Å². The lowest BCUT2D eigenvalue weighted by Gasteiger charge is -2.13. The average Bonchev–Trinajstić information content (AvgIpc) is 2.81. The van der Waals surface area contributed by atoms with E-state index in [1.165, 1.54) is 12.1 Å². The molecule has 0 fully saturated rings. The molecule has 9 heteroatoms. The van der Waals surface area contributed by atoms with E-state index in [0.717, 1.165) is 16.3 Å². The SMILES string of the molecule is Cc1ccc(Br)c(NS(=O)(=O)c2cccc(NC(=S)NC(=O)c3ccc4ccccc4c3)c2)c1. The second-order valence-electron chi connectivity index (χ2n) is 7.59. The van der Waals surface area contributed by atoms with Crippen molar-refractivity contribution in [3.8, 4) is 0 Å². The van der Waals surface area contributed by atoms with E-state index in [1.807, 2.05) is 43.3 Å². The highest BCUT2D eigenvalue weighted by molar-refractivity contribution is 9.10. The molecule has 0 aliphatic carbocycles. The Morgan fingerprint density at radius 3 is 2.44 bits per heavy atom. The molecular weight excluding hydrogens is 534 g/mol. The molecule has 4 aromatic rings. The minimum absolute atomic E-state index is 0.0505. The summed E-state index contributed by atoms with van der Waals surface area (Å²) in [5, 5.41) is 7.54. The number of hydrogen-bond donors (Lipinski definition) is 3. The fourth-order valence-electron chi connectivity index (χ4n) is 3.33. The maximum Gasteiger partial charge on any atom is 0.262 e. The number of thiocarbonyl (C=S) groups is 1. The van der Waals surface area contributed by atoms with Crippen LogP contribution in [0, 0.1) is 6.92 Å². The molecule has 172 valence electrons. The van der Waals surface area contributed by atoms with E-state index in [9.17, 15) is 13.2 Å². The van der Waals surface area contributed by atoms with Gasteiger partial charge in [0.05, 0.1) is 10.6 Å². The van der Waals surface area contributed by atoms with E-state index in [-0.39, 0.29) is 15.9 Å². The largest absolute Gasteiger partial charge is 0.332 e. The second-order valence-corrected chi connectivity index (χ2v) is 10.5. The molecule has 0 spiro atoms. The summed E-state index contributed by atoms with van der Waals surface area (Å²) in [5.74, 6) is -0.363. The molecule has 0 saturated carbocycles. The van der Waals surface area contributed by atoms with Crippen LogP contribution in [-0.4, -0.2) is 19.4 Å². The van der Waals surface area contributed by atoms with Gasteiger partial charge in [0.15, 0.2) is 5.11 Å². The highest BCUT2D eigenvalue weighted by atomic mass is 79.9. The Morgan fingerprint density at radius 1 is 0.882 bits per heavy atom. The molecule has 4 aromatic carbocycles. The van der Waals surface area contributed by atoms with Gasteiger partial charge >= 0.3 is 0 Å². The molecule has 0 unspecified atom stereocenters. The summed E-state index contributed by atoms with van der Waals surface area (Å²) in [4.78, 5) is 12.7. The zero-order chi connectivity index (χ0) is 24.3. The monoisotopic (exact) mass is 553 g/mol. The number of aryl methyl sites for hydroxylation is 1. The third kappa shape index (κ3) is 5.61. The number of nitrogens with one attached hydrogen (secondary N) is 3. The van der Waals surface area contributed by atoms with E-state index in [2.05, 4.69) is 31.3 Å². The molecule has 0 aromatic heterocycles. The van der Waals surface area contributed by atoms with Gasteiger partial charge in [-0.05, 0) is 93.9 Å². The Balaban J connectivity index is 1.46. The van der Waals surface area contributed by atoms with E-state index in [1.54, 1.807) is 36.4 Å². The first-order chi connectivity index (χ1) is 16.2. The Hall–Kier alpha value is -3.27. The van der Waals surface area contributed by atoms with E-state index >= 15 is 0 Å². The van der Waals surface area contributed by atoms with Gasteiger partial charge in [0, 0.05) is 15.7 Å². The van der Waals surface area contributed by atoms with Gasteiger partial charge < -0.3 is 5.32 Å². The van der Waals surface area contributed by atoms with Crippen LogP contribution in [0.5, 0.6) is 0 Å². The summed E-state index contributed by atoms with van der Waals surface area (Å²) < 4.78 is 29.0. The van der Waals surface area contributed by atoms with Crippen molar-refractivity contribution in [2.45, 2.75) is 11.8 Å². The zero-order valence-corrected chi connectivity index (χ0v) is 21.2. The molecule has 0 radical (unpaired) electrons. The van der Waals surface area contributed by atoms with Gasteiger partial charge in [0.1, 0.15) is 0 Å². The summed E-state index contributed by atoms with van der Waals surface area (Å²) in [6.45, 7) is 1.88. The number of carbonyl (C=O) groups is 1. The first-order valence-corrected chi connectivity index (χ1v) is 12.9. The van der Waals surface area contributed by atoms with Gasteiger partial charge in [-0.3, -0.25) is 14.8 Å². The van der Waals surface area contributed by atoms with Gasteiger partial charge in [-0.2, -0.15) is 0 Å². The molecule has 1 amide bonds. The minimum atomic E-state index is -3.85. The van der Waals surface area contributed by atoms with Crippen molar-refractivity contribution in [3.05, 3.63) is 101 Å². The lowest BCUT2D eigenvalue weighted by Crippen LogP contribution is -2.34. The highest BCUT2D eigenvalue weighted by Crippen LogP contribution is 2.27. The second kappa shape index (κ2) is 9.92. The molecule has 0 aliphatic heterocycles. The summed E-state index contributed by atoms with van der Waals surface area (Å²) in [6.07, 6.45) is 0. The van der Waals surface area contributed by atoms with Crippen molar-refractivity contribution >= 4 is 71.3 Å².